The maximum Gasteiger partial charge on any atom is 0.318 e. The molecule has 4 rings (SSSR count). The predicted octanol–water partition coefficient (Wildman–Crippen LogP) is 4.90. The number of fused-ring (bicyclic) bond motifs is 3. The number of aromatic amines is 1. The lowest BCUT2D eigenvalue weighted by atomic mass is 9.92. The van der Waals surface area contributed by atoms with Gasteiger partial charge in [0.25, 0.3) is 0 Å². The molecule has 1 aliphatic rings. The molecule has 0 aliphatic carbocycles. The van der Waals surface area contributed by atoms with Gasteiger partial charge in [-0.2, -0.15) is 0 Å². The number of halogens is 1. The molecule has 3 aromatic rings. The lowest BCUT2D eigenvalue weighted by Gasteiger charge is -2.36. The van der Waals surface area contributed by atoms with Crippen LogP contribution in [0.4, 0.5) is 4.79 Å². The summed E-state index contributed by atoms with van der Waals surface area (Å²) < 4.78 is 5.30. The van der Waals surface area contributed by atoms with Crippen molar-refractivity contribution < 1.29 is 9.53 Å². The zero-order chi connectivity index (χ0) is 19.8. The first-order valence-corrected chi connectivity index (χ1v) is 9.87. The van der Waals surface area contributed by atoms with Crippen molar-refractivity contribution in [3.63, 3.8) is 0 Å². The molecule has 2 aromatic carbocycles. The lowest BCUT2D eigenvalue weighted by Crippen LogP contribution is -2.47. The van der Waals surface area contributed by atoms with E-state index in [-0.39, 0.29) is 18.1 Å². The highest BCUT2D eigenvalue weighted by molar-refractivity contribution is 6.31. The van der Waals surface area contributed by atoms with Crippen LogP contribution in [0.2, 0.25) is 5.02 Å². The molecule has 1 aliphatic heterocycles. The molecule has 146 valence electrons. The van der Waals surface area contributed by atoms with Gasteiger partial charge in [-0.05, 0) is 61.7 Å². The third-order valence-corrected chi connectivity index (χ3v) is 5.43. The number of H-pyrrole nitrogens is 1. The number of hydrogen-bond acceptors (Lipinski definition) is 2. The number of carbonyl (C=O) groups excluding carboxylic acids is 1. The summed E-state index contributed by atoms with van der Waals surface area (Å²) >= 11 is 6.24. The van der Waals surface area contributed by atoms with E-state index in [1.54, 1.807) is 7.11 Å². The Morgan fingerprint density at radius 2 is 2.00 bits per heavy atom. The number of carbonyl (C=O) groups is 1. The maximum atomic E-state index is 12.9. The fourth-order valence-corrected chi connectivity index (χ4v) is 4.11. The van der Waals surface area contributed by atoms with Crippen LogP contribution in [0.1, 0.15) is 36.7 Å². The minimum atomic E-state index is -0.195. The first-order valence-electron chi connectivity index (χ1n) is 9.49. The maximum absolute atomic E-state index is 12.9. The van der Waals surface area contributed by atoms with E-state index in [4.69, 9.17) is 16.3 Å². The Morgan fingerprint density at radius 1 is 1.25 bits per heavy atom. The van der Waals surface area contributed by atoms with Gasteiger partial charge in [-0.1, -0.05) is 23.7 Å². The number of methoxy groups -OCH3 is 1. The minimum absolute atomic E-state index is 0.0573. The quantitative estimate of drug-likeness (QED) is 0.660. The molecule has 2 N–H and O–H groups in total. The van der Waals surface area contributed by atoms with Gasteiger partial charge in [0, 0.05) is 34.2 Å². The highest BCUT2D eigenvalue weighted by Gasteiger charge is 2.34. The van der Waals surface area contributed by atoms with Gasteiger partial charge in [-0.15, -0.1) is 0 Å². The second-order valence-corrected chi connectivity index (χ2v) is 7.87. The summed E-state index contributed by atoms with van der Waals surface area (Å²) in [5.74, 6) is 0.793. The van der Waals surface area contributed by atoms with Gasteiger partial charge >= 0.3 is 6.03 Å². The molecule has 28 heavy (non-hydrogen) atoms. The van der Waals surface area contributed by atoms with Gasteiger partial charge in [-0.25, -0.2) is 4.79 Å². The van der Waals surface area contributed by atoms with Crippen molar-refractivity contribution in [3.05, 3.63) is 64.3 Å². The Morgan fingerprint density at radius 3 is 2.68 bits per heavy atom. The van der Waals surface area contributed by atoms with E-state index in [2.05, 4.69) is 10.3 Å². The largest absolute Gasteiger partial charge is 0.497 e. The van der Waals surface area contributed by atoms with Gasteiger partial charge in [0.05, 0.1) is 13.2 Å². The molecule has 2 heterocycles. The highest BCUT2D eigenvalue weighted by Crippen LogP contribution is 2.39. The second kappa shape index (κ2) is 7.40. The summed E-state index contributed by atoms with van der Waals surface area (Å²) in [5, 5.41) is 4.88. The molecule has 6 heteroatoms. The number of nitrogens with one attached hydrogen (secondary N) is 2. The molecule has 2 amide bonds. The average molecular weight is 398 g/mol. The Labute approximate surface area is 169 Å². The molecule has 0 bridgehead atoms. The summed E-state index contributed by atoms with van der Waals surface area (Å²) in [5.41, 5.74) is 4.36. The lowest BCUT2D eigenvalue weighted by molar-refractivity contribution is 0.177. The van der Waals surface area contributed by atoms with E-state index in [9.17, 15) is 4.79 Å². The standard InChI is InChI=1S/C22H24ClN3O2/c1-13(2)24-22(27)26-11-10-17-18-12-15(23)6-9-19(18)25-20(17)21(26)14-4-7-16(28-3)8-5-14/h4-9,12-13,21,25H,10-11H2,1-3H3,(H,24,27)/t21-/m0/s1. The van der Waals surface area contributed by atoms with Crippen LogP contribution in [0, 0.1) is 0 Å². The van der Waals surface area contributed by atoms with Gasteiger partial charge < -0.3 is 19.9 Å². The van der Waals surface area contributed by atoms with E-state index in [0.29, 0.717) is 6.54 Å². The monoisotopic (exact) mass is 397 g/mol. The predicted molar refractivity (Wildman–Crippen MR) is 112 cm³/mol. The van der Waals surface area contributed by atoms with Gasteiger partial charge in [0.15, 0.2) is 0 Å². The molecule has 0 fully saturated rings. The Kier molecular flexibility index (Phi) is 4.94. The van der Waals surface area contributed by atoms with Crippen LogP contribution in [0.25, 0.3) is 10.9 Å². The number of hydrogen-bond donors (Lipinski definition) is 2. The van der Waals surface area contributed by atoms with Gasteiger partial charge in [0.2, 0.25) is 0 Å². The molecular weight excluding hydrogens is 374 g/mol. The van der Waals surface area contributed by atoms with Crippen molar-refractivity contribution in [1.82, 2.24) is 15.2 Å². The number of ether oxygens (including phenoxy) is 1. The highest BCUT2D eigenvalue weighted by atomic mass is 35.5. The van der Waals surface area contributed by atoms with Crippen molar-refractivity contribution >= 4 is 28.5 Å². The zero-order valence-electron chi connectivity index (χ0n) is 16.3. The van der Waals surface area contributed by atoms with E-state index in [1.807, 2.05) is 61.2 Å². The van der Waals surface area contributed by atoms with E-state index >= 15 is 0 Å². The molecule has 0 saturated carbocycles. The van der Waals surface area contributed by atoms with Crippen LogP contribution in [0.5, 0.6) is 5.75 Å². The molecule has 0 radical (unpaired) electrons. The number of aromatic nitrogens is 1. The first-order chi connectivity index (χ1) is 13.5. The fraction of sp³-hybridized carbons (Fsp3) is 0.318. The normalized spacial score (nSPS) is 16.3. The molecule has 0 saturated heterocycles. The van der Waals surface area contributed by atoms with E-state index < -0.39 is 0 Å². The number of nitrogens with zero attached hydrogens (tertiary/aromatic N) is 1. The molecular formula is C22H24ClN3O2. The molecule has 5 nitrogen and oxygen atoms in total. The minimum Gasteiger partial charge on any atom is -0.497 e. The smallest absolute Gasteiger partial charge is 0.318 e. The Balaban J connectivity index is 1.84. The van der Waals surface area contributed by atoms with Crippen LogP contribution < -0.4 is 10.1 Å². The third kappa shape index (κ3) is 3.31. The topological polar surface area (TPSA) is 57.4 Å². The van der Waals surface area contributed by atoms with Crippen LogP contribution >= 0.6 is 11.6 Å². The average Bonchev–Trinajstić information content (AvgIpc) is 3.04. The van der Waals surface area contributed by atoms with Crippen LogP contribution in [0.3, 0.4) is 0 Å². The zero-order valence-corrected chi connectivity index (χ0v) is 17.0. The fourth-order valence-electron chi connectivity index (χ4n) is 3.94. The number of benzene rings is 2. The van der Waals surface area contributed by atoms with Crippen molar-refractivity contribution in [3.8, 4) is 5.75 Å². The summed E-state index contributed by atoms with van der Waals surface area (Å²) in [7, 11) is 1.65. The third-order valence-electron chi connectivity index (χ3n) is 5.19. The first kappa shape index (κ1) is 18.7. The molecule has 0 unspecified atom stereocenters. The van der Waals surface area contributed by atoms with Crippen molar-refractivity contribution in [2.24, 2.45) is 0 Å². The van der Waals surface area contributed by atoms with Crippen molar-refractivity contribution in [1.29, 1.82) is 0 Å². The summed E-state index contributed by atoms with van der Waals surface area (Å²) in [6.07, 6.45) is 0.786. The van der Waals surface area contributed by atoms with E-state index in [0.717, 1.165) is 39.4 Å². The summed E-state index contributed by atoms with van der Waals surface area (Å²) in [4.78, 5) is 18.4. The van der Waals surface area contributed by atoms with Crippen LogP contribution in [0.15, 0.2) is 42.5 Å². The molecule has 0 spiro atoms. The second-order valence-electron chi connectivity index (χ2n) is 7.43. The van der Waals surface area contributed by atoms with Crippen molar-refractivity contribution in [2.45, 2.75) is 32.4 Å². The summed E-state index contributed by atoms with van der Waals surface area (Å²) in [6.45, 7) is 4.59. The van der Waals surface area contributed by atoms with Crippen molar-refractivity contribution in [2.75, 3.05) is 13.7 Å². The summed E-state index contributed by atoms with van der Waals surface area (Å²) in [6, 6.07) is 13.6. The number of amides is 2. The molecule has 1 aromatic heterocycles. The number of rotatable bonds is 3. The van der Waals surface area contributed by atoms with Crippen LogP contribution in [-0.4, -0.2) is 35.6 Å². The Bertz CT molecular complexity index is 1010. The van der Waals surface area contributed by atoms with Crippen LogP contribution in [-0.2, 0) is 6.42 Å². The number of urea groups is 1. The van der Waals surface area contributed by atoms with Gasteiger partial charge in [0.1, 0.15) is 5.75 Å². The SMILES string of the molecule is COc1ccc([C@H]2c3[nH]c4ccc(Cl)cc4c3CCN2C(=O)NC(C)C)cc1. The van der Waals surface area contributed by atoms with E-state index in [1.165, 1.54) is 5.56 Å². The Hall–Kier alpha value is -2.66. The molecule has 1 atom stereocenters. The van der Waals surface area contributed by atoms with Gasteiger partial charge in [-0.3, -0.25) is 0 Å².